The minimum absolute atomic E-state index is 0.159. The van der Waals surface area contributed by atoms with Gasteiger partial charge in [-0.3, -0.25) is 4.79 Å². The van der Waals surface area contributed by atoms with Gasteiger partial charge in [0.15, 0.2) is 0 Å². The van der Waals surface area contributed by atoms with Crippen LogP contribution in [-0.2, 0) is 24.3 Å². The van der Waals surface area contributed by atoms with Gasteiger partial charge >= 0.3 is 0 Å². The van der Waals surface area contributed by atoms with Crippen LogP contribution in [-0.4, -0.2) is 26.9 Å². The normalized spacial score (nSPS) is 12.9. The molecular formula is C29H29FN4O. The van der Waals surface area contributed by atoms with E-state index in [9.17, 15) is 9.18 Å². The van der Waals surface area contributed by atoms with Gasteiger partial charge in [-0.05, 0) is 61.7 Å². The minimum atomic E-state index is -0.280. The maximum atomic E-state index is 13.6. The Labute approximate surface area is 205 Å². The van der Waals surface area contributed by atoms with E-state index < -0.39 is 0 Å². The molecule has 1 N–H and O–H groups in total. The summed E-state index contributed by atoms with van der Waals surface area (Å²) in [6.45, 7) is 3.81. The summed E-state index contributed by atoms with van der Waals surface area (Å²) in [4.78, 5) is 19.8. The van der Waals surface area contributed by atoms with Crippen molar-refractivity contribution in [1.82, 2.24) is 14.5 Å². The summed E-state index contributed by atoms with van der Waals surface area (Å²) in [5.74, 6) is 1.58. The largest absolute Gasteiger partial charge is 0.340 e. The number of carbonyl (C=O) groups excluding carboxylic acids is 1. The lowest BCUT2D eigenvalue weighted by molar-refractivity contribution is -0.132. The van der Waals surface area contributed by atoms with Gasteiger partial charge in [-0.2, -0.15) is 0 Å². The van der Waals surface area contributed by atoms with Gasteiger partial charge in [0.1, 0.15) is 23.2 Å². The van der Waals surface area contributed by atoms with Crippen LogP contribution < -0.4 is 5.32 Å². The van der Waals surface area contributed by atoms with Crippen LogP contribution in [0.2, 0.25) is 0 Å². The van der Waals surface area contributed by atoms with E-state index in [1.165, 1.54) is 23.3 Å². The first-order chi connectivity index (χ1) is 17.1. The van der Waals surface area contributed by atoms with Gasteiger partial charge in [0.05, 0.1) is 6.54 Å². The third kappa shape index (κ3) is 5.27. The summed E-state index contributed by atoms with van der Waals surface area (Å²) in [6, 6.07) is 24.8. The molecular weight excluding hydrogens is 439 g/mol. The van der Waals surface area contributed by atoms with Crippen LogP contribution in [0.25, 0.3) is 11.3 Å². The predicted molar refractivity (Wildman–Crippen MR) is 137 cm³/mol. The quantitative estimate of drug-likeness (QED) is 0.356. The second kappa shape index (κ2) is 10.1. The molecule has 2 heterocycles. The second-order valence-electron chi connectivity index (χ2n) is 9.03. The third-order valence-corrected chi connectivity index (χ3v) is 6.46. The number of hydrogen-bond acceptors (Lipinski definition) is 3. The predicted octanol–water partition coefficient (Wildman–Crippen LogP) is 6.11. The number of aryl methyl sites for hydroxylation is 2. The maximum absolute atomic E-state index is 13.6. The van der Waals surface area contributed by atoms with Crippen molar-refractivity contribution in [3.63, 3.8) is 0 Å². The molecule has 1 aliphatic heterocycles. The van der Waals surface area contributed by atoms with E-state index in [0.29, 0.717) is 26.1 Å². The summed E-state index contributed by atoms with van der Waals surface area (Å²) < 4.78 is 15.7. The number of nitrogens with one attached hydrogen (secondary N) is 1. The minimum Gasteiger partial charge on any atom is -0.340 e. The van der Waals surface area contributed by atoms with Gasteiger partial charge in [0.25, 0.3) is 0 Å². The zero-order chi connectivity index (χ0) is 24.2. The molecule has 0 fully saturated rings. The molecule has 0 saturated carbocycles. The smallest absolute Gasteiger partial charge is 0.223 e. The fourth-order valence-corrected chi connectivity index (χ4v) is 4.50. The number of halogens is 1. The Balaban J connectivity index is 1.35. The molecule has 1 aliphatic rings. The Morgan fingerprint density at radius 2 is 1.71 bits per heavy atom. The summed E-state index contributed by atoms with van der Waals surface area (Å²) >= 11 is 0. The number of imidazole rings is 1. The zero-order valence-electron chi connectivity index (χ0n) is 19.9. The first-order valence-electron chi connectivity index (χ1n) is 12.1. The molecule has 3 aromatic carbocycles. The van der Waals surface area contributed by atoms with E-state index in [0.717, 1.165) is 41.4 Å². The number of fused-ring (bicyclic) bond motifs is 1. The van der Waals surface area contributed by atoms with Crippen molar-refractivity contribution in [3.05, 3.63) is 102 Å². The number of hydrogen-bond donors (Lipinski definition) is 1. The van der Waals surface area contributed by atoms with Crippen molar-refractivity contribution < 1.29 is 9.18 Å². The van der Waals surface area contributed by atoms with Crippen molar-refractivity contribution >= 4 is 17.4 Å². The molecule has 178 valence electrons. The standard InChI is InChI=1S/C29H29FN4O/c1-21-10-16-25(17-11-21)31-29-28(23-12-14-24(30)15-13-23)32-26-20-33(18-19-34(26)29)27(35)9-5-8-22-6-3-2-4-7-22/h2-4,6-7,10-17,31H,5,8-9,18-20H2,1H3. The van der Waals surface area contributed by atoms with Crippen LogP contribution in [0.1, 0.15) is 29.8 Å². The molecule has 4 aromatic rings. The van der Waals surface area contributed by atoms with Crippen molar-refractivity contribution in [2.24, 2.45) is 0 Å². The average Bonchev–Trinajstić information content (AvgIpc) is 3.24. The fraction of sp³-hybridized carbons (Fsp3) is 0.241. The summed E-state index contributed by atoms with van der Waals surface area (Å²) in [5, 5.41) is 3.52. The third-order valence-electron chi connectivity index (χ3n) is 6.46. The Morgan fingerprint density at radius 1 is 0.971 bits per heavy atom. The lowest BCUT2D eigenvalue weighted by atomic mass is 10.1. The number of rotatable bonds is 7. The number of anilines is 2. The van der Waals surface area contributed by atoms with Gasteiger partial charge < -0.3 is 14.8 Å². The average molecular weight is 469 g/mol. The number of benzene rings is 3. The molecule has 5 nitrogen and oxygen atoms in total. The van der Waals surface area contributed by atoms with Crippen LogP contribution in [0.5, 0.6) is 0 Å². The first-order valence-corrected chi connectivity index (χ1v) is 12.1. The van der Waals surface area contributed by atoms with Gasteiger partial charge in [-0.1, -0.05) is 48.0 Å². The van der Waals surface area contributed by atoms with E-state index in [1.807, 2.05) is 35.2 Å². The SMILES string of the molecule is Cc1ccc(Nc2c(-c3ccc(F)cc3)nc3n2CCN(C(=O)CCCc2ccccc2)C3)cc1. The van der Waals surface area contributed by atoms with Gasteiger partial charge in [-0.15, -0.1) is 0 Å². The topological polar surface area (TPSA) is 50.2 Å². The number of nitrogens with zero attached hydrogens (tertiary/aromatic N) is 3. The number of aromatic nitrogens is 2. The summed E-state index contributed by atoms with van der Waals surface area (Å²) in [6.07, 6.45) is 2.25. The lowest BCUT2D eigenvalue weighted by Gasteiger charge is -2.28. The molecule has 0 aliphatic carbocycles. The molecule has 0 radical (unpaired) electrons. The lowest BCUT2D eigenvalue weighted by Crippen LogP contribution is -2.38. The summed E-state index contributed by atoms with van der Waals surface area (Å²) in [5.41, 5.74) is 5.00. The molecule has 1 aromatic heterocycles. The van der Waals surface area contributed by atoms with Crippen LogP contribution in [0.3, 0.4) is 0 Å². The maximum Gasteiger partial charge on any atom is 0.223 e. The van der Waals surface area contributed by atoms with E-state index in [1.54, 1.807) is 12.1 Å². The van der Waals surface area contributed by atoms with E-state index >= 15 is 0 Å². The van der Waals surface area contributed by atoms with Crippen molar-refractivity contribution in [2.75, 3.05) is 11.9 Å². The Kier molecular flexibility index (Phi) is 6.62. The van der Waals surface area contributed by atoms with Crippen LogP contribution in [0.4, 0.5) is 15.9 Å². The molecule has 6 heteroatoms. The second-order valence-corrected chi connectivity index (χ2v) is 9.03. The van der Waals surface area contributed by atoms with Gasteiger partial charge in [0, 0.05) is 30.8 Å². The Bertz CT molecular complexity index is 1300. The molecule has 0 saturated heterocycles. The fourth-order valence-electron chi connectivity index (χ4n) is 4.50. The van der Waals surface area contributed by atoms with E-state index in [-0.39, 0.29) is 11.7 Å². The molecule has 35 heavy (non-hydrogen) atoms. The van der Waals surface area contributed by atoms with E-state index in [2.05, 4.69) is 41.1 Å². The van der Waals surface area contributed by atoms with Crippen LogP contribution in [0, 0.1) is 12.7 Å². The monoisotopic (exact) mass is 468 g/mol. The van der Waals surface area contributed by atoms with Crippen LogP contribution in [0.15, 0.2) is 78.9 Å². The molecule has 0 spiro atoms. The zero-order valence-corrected chi connectivity index (χ0v) is 19.9. The highest BCUT2D eigenvalue weighted by Gasteiger charge is 2.26. The van der Waals surface area contributed by atoms with Gasteiger partial charge in [-0.25, -0.2) is 9.37 Å². The Morgan fingerprint density at radius 3 is 2.46 bits per heavy atom. The highest BCUT2D eigenvalue weighted by molar-refractivity contribution is 5.78. The van der Waals surface area contributed by atoms with Crippen molar-refractivity contribution in [1.29, 1.82) is 0 Å². The van der Waals surface area contributed by atoms with E-state index in [4.69, 9.17) is 4.98 Å². The van der Waals surface area contributed by atoms with Gasteiger partial charge in [0.2, 0.25) is 5.91 Å². The summed E-state index contributed by atoms with van der Waals surface area (Å²) in [7, 11) is 0. The highest BCUT2D eigenvalue weighted by Crippen LogP contribution is 2.33. The molecule has 1 amide bonds. The Hall–Kier alpha value is -3.93. The first kappa shape index (κ1) is 22.8. The molecule has 0 atom stereocenters. The molecule has 0 unspecified atom stereocenters. The van der Waals surface area contributed by atoms with Crippen molar-refractivity contribution in [3.8, 4) is 11.3 Å². The number of carbonyl (C=O) groups is 1. The highest BCUT2D eigenvalue weighted by atomic mass is 19.1. The molecule has 0 bridgehead atoms. The van der Waals surface area contributed by atoms with Crippen molar-refractivity contribution in [2.45, 2.75) is 39.3 Å². The molecule has 5 rings (SSSR count). The van der Waals surface area contributed by atoms with Crippen LogP contribution >= 0.6 is 0 Å². The number of amides is 1.